The predicted molar refractivity (Wildman–Crippen MR) is 123 cm³/mol. The van der Waals surface area contributed by atoms with Crippen LogP contribution in [0.15, 0.2) is 69.9 Å². The second-order valence-corrected chi connectivity index (χ2v) is 7.28. The third-order valence-electron chi connectivity index (χ3n) is 4.97. The monoisotopic (exact) mass is 406 g/mol. The fourth-order valence-electron chi connectivity index (χ4n) is 3.18. The van der Waals surface area contributed by atoms with Crippen LogP contribution in [0.2, 0.25) is 0 Å². The average molecular weight is 407 g/mol. The zero-order valence-corrected chi connectivity index (χ0v) is 18.4. The molecule has 0 fully saturated rings. The Morgan fingerprint density at radius 1 is 1.23 bits per heavy atom. The molecule has 0 aliphatic carbocycles. The maximum absolute atomic E-state index is 12.0. The summed E-state index contributed by atoms with van der Waals surface area (Å²) in [5.74, 6) is 1.19. The number of aliphatic hydroxyl groups is 1. The molecule has 0 aliphatic heterocycles. The van der Waals surface area contributed by atoms with Gasteiger partial charge in [0.15, 0.2) is 0 Å². The molecular formula is C26H30O4. The molecule has 0 aliphatic rings. The van der Waals surface area contributed by atoms with E-state index in [9.17, 15) is 9.90 Å². The van der Waals surface area contributed by atoms with Crippen LogP contribution in [0.3, 0.4) is 0 Å². The third kappa shape index (κ3) is 5.71. The van der Waals surface area contributed by atoms with Crippen LogP contribution in [0.25, 0.3) is 6.08 Å². The first kappa shape index (κ1) is 23.2. The summed E-state index contributed by atoms with van der Waals surface area (Å²) >= 11 is 0. The number of aryl methyl sites for hydroxylation is 1. The van der Waals surface area contributed by atoms with Gasteiger partial charge in [0.05, 0.1) is 18.8 Å². The van der Waals surface area contributed by atoms with Gasteiger partial charge in [0.1, 0.15) is 11.5 Å². The zero-order chi connectivity index (χ0) is 22.3. The third-order valence-corrected chi connectivity index (χ3v) is 4.97. The van der Waals surface area contributed by atoms with Crippen molar-refractivity contribution in [3.05, 3.63) is 105 Å². The average Bonchev–Trinajstić information content (AvgIpc) is 2.73. The van der Waals surface area contributed by atoms with Crippen LogP contribution in [0.4, 0.5) is 0 Å². The largest absolute Gasteiger partial charge is 0.496 e. The standard InChI is InChI=1S/C26H30O4/c1-7-23(27)22-16-18(3)12-14-21(22)11-9-8-10-17(2)13-15-24-19(4)25(29-6)20(5)26(28)30-24/h7-14,16,23,27H,1,15H2,2-6H3/b10-8-,11-9-,17-13+/t23-/m0/s1. The second-order valence-electron chi connectivity index (χ2n) is 7.28. The van der Waals surface area contributed by atoms with E-state index in [1.807, 2.05) is 69.4 Å². The fraction of sp³-hybridized carbons (Fsp3) is 0.269. The fourth-order valence-corrected chi connectivity index (χ4v) is 3.18. The lowest BCUT2D eigenvalue weighted by Crippen LogP contribution is -2.10. The van der Waals surface area contributed by atoms with Crippen LogP contribution in [0, 0.1) is 20.8 Å². The lowest BCUT2D eigenvalue weighted by Gasteiger charge is -2.10. The molecule has 158 valence electrons. The van der Waals surface area contributed by atoms with Crippen molar-refractivity contribution in [1.82, 2.24) is 0 Å². The van der Waals surface area contributed by atoms with E-state index >= 15 is 0 Å². The summed E-state index contributed by atoms with van der Waals surface area (Å²) in [6.07, 6.45) is 11.1. The Hall–Kier alpha value is -3.11. The maximum atomic E-state index is 12.0. The van der Waals surface area contributed by atoms with Crippen LogP contribution in [0.5, 0.6) is 5.75 Å². The highest BCUT2D eigenvalue weighted by Crippen LogP contribution is 2.24. The van der Waals surface area contributed by atoms with Crippen molar-refractivity contribution in [1.29, 1.82) is 0 Å². The van der Waals surface area contributed by atoms with Gasteiger partial charge in [0, 0.05) is 12.0 Å². The van der Waals surface area contributed by atoms with E-state index in [1.54, 1.807) is 14.0 Å². The molecule has 1 atom stereocenters. The van der Waals surface area contributed by atoms with Gasteiger partial charge in [-0.15, -0.1) is 6.58 Å². The van der Waals surface area contributed by atoms with Gasteiger partial charge in [-0.2, -0.15) is 0 Å². The summed E-state index contributed by atoms with van der Waals surface area (Å²) in [6, 6.07) is 5.96. The second kappa shape index (κ2) is 10.6. The molecule has 2 aromatic rings. The number of hydrogen-bond acceptors (Lipinski definition) is 4. The molecule has 2 rings (SSSR count). The quantitative estimate of drug-likeness (QED) is 0.461. The number of aliphatic hydroxyl groups excluding tert-OH is 1. The molecule has 4 heteroatoms. The number of benzene rings is 1. The molecule has 30 heavy (non-hydrogen) atoms. The first-order valence-electron chi connectivity index (χ1n) is 9.88. The number of hydrogen-bond donors (Lipinski definition) is 1. The minimum atomic E-state index is -0.695. The zero-order valence-electron chi connectivity index (χ0n) is 18.4. The molecule has 1 aromatic carbocycles. The Bertz CT molecular complexity index is 1050. The van der Waals surface area contributed by atoms with Crippen molar-refractivity contribution in [2.45, 2.75) is 40.2 Å². The lowest BCUT2D eigenvalue weighted by atomic mass is 9.99. The number of rotatable bonds is 8. The Kier molecular flexibility index (Phi) is 8.19. The first-order chi connectivity index (χ1) is 14.3. The van der Waals surface area contributed by atoms with Gasteiger partial charge in [-0.05, 0) is 38.8 Å². The molecule has 1 aromatic heterocycles. The van der Waals surface area contributed by atoms with Gasteiger partial charge < -0.3 is 14.3 Å². The summed E-state index contributed by atoms with van der Waals surface area (Å²) in [5.41, 5.74) is 4.87. The minimum absolute atomic E-state index is 0.368. The minimum Gasteiger partial charge on any atom is -0.496 e. The van der Waals surface area contributed by atoms with Crippen LogP contribution in [-0.2, 0) is 6.42 Å². The van der Waals surface area contributed by atoms with Crippen LogP contribution in [0.1, 0.15) is 46.6 Å². The van der Waals surface area contributed by atoms with E-state index in [2.05, 4.69) is 6.58 Å². The smallest absolute Gasteiger partial charge is 0.342 e. The van der Waals surface area contributed by atoms with Crippen molar-refractivity contribution in [3.63, 3.8) is 0 Å². The van der Waals surface area contributed by atoms with E-state index in [-0.39, 0.29) is 5.63 Å². The van der Waals surface area contributed by atoms with Crippen LogP contribution >= 0.6 is 0 Å². The summed E-state index contributed by atoms with van der Waals surface area (Å²) in [5, 5.41) is 10.1. The molecule has 0 bridgehead atoms. The van der Waals surface area contributed by atoms with Gasteiger partial charge >= 0.3 is 5.63 Å². The topological polar surface area (TPSA) is 59.7 Å². The lowest BCUT2D eigenvalue weighted by molar-refractivity contribution is 0.229. The normalized spacial score (nSPS) is 13.2. The number of allylic oxidation sites excluding steroid dienone is 5. The summed E-state index contributed by atoms with van der Waals surface area (Å²) < 4.78 is 10.8. The highest BCUT2D eigenvalue weighted by atomic mass is 16.5. The van der Waals surface area contributed by atoms with Crippen LogP contribution < -0.4 is 10.4 Å². The Morgan fingerprint density at radius 2 is 1.97 bits per heavy atom. The Balaban J connectivity index is 2.13. The van der Waals surface area contributed by atoms with E-state index < -0.39 is 6.10 Å². The number of ether oxygens (including phenoxy) is 1. The van der Waals surface area contributed by atoms with Gasteiger partial charge in [0.25, 0.3) is 0 Å². The predicted octanol–water partition coefficient (Wildman–Crippen LogP) is 5.55. The molecular weight excluding hydrogens is 376 g/mol. The SMILES string of the molecule is C=C[C@H](O)c1cc(C)ccc1\C=C/C=C\C(C)=C\Cc1oc(=O)c(C)c(OC)c1C. The molecule has 0 radical (unpaired) electrons. The molecule has 1 heterocycles. The van der Waals surface area contributed by atoms with Crippen molar-refractivity contribution in [2.75, 3.05) is 7.11 Å². The van der Waals surface area contributed by atoms with Crippen molar-refractivity contribution in [2.24, 2.45) is 0 Å². The highest BCUT2D eigenvalue weighted by molar-refractivity contribution is 5.57. The highest BCUT2D eigenvalue weighted by Gasteiger charge is 2.13. The summed E-state index contributed by atoms with van der Waals surface area (Å²) in [7, 11) is 1.56. The molecule has 0 saturated carbocycles. The maximum Gasteiger partial charge on any atom is 0.342 e. The Morgan fingerprint density at radius 3 is 2.63 bits per heavy atom. The number of methoxy groups -OCH3 is 1. The van der Waals surface area contributed by atoms with Crippen molar-refractivity contribution in [3.8, 4) is 5.75 Å². The van der Waals surface area contributed by atoms with Crippen molar-refractivity contribution < 1.29 is 14.3 Å². The van der Waals surface area contributed by atoms with E-state index in [1.165, 1.54) is 6.08 Å². The molecule has 0 amide bonds. The molecule has 0 saturated heterocycles. The van der Waals surface area contributed by atoms with E-state index in [4.69, 9.17) is 9.15 Å². The molecule has 0 spiro atoms. The molecule has 0 unspecified atom stereocenters. The Labute approximate surface area is 178 Å². The summed E-state index contributed by atoms with van der Waals surface area (Å²) in [4.78, 5) is 12.0. The van der Waals surface area contributed by atoms with Crippen molar-refractivity contribution >= 4 is 6.08 Å². The molecule has 1 N–H and O–H groups in total. The van der Waals surface area contributed by atoms with E-state index in [0.717, 1.165) is 27.8 Å². The molecule has 4 nitrogen and oxygen atoms in total. The summed E-state index contributed by atoms with van der Waals surface area (Å²) in [6.45, 7) is 11.2. The van der Waals surface area contributed by atoms with Gasteiger partial charge in [0.2, 0.25) is 0 Å². The first-order valence-corrected chi connectivity index (χ1v) is 9.88. The van der Waals surface area contributed by atoms with Gasteiger partial charge in [-0.25, -0.2) is 4.79 Å². The van der Waals surface area contributed by atoms with Crippen LogP contribution in [-0.4, -0.2) is 12.2 Å². The van der Waals surface area contributed by atoms with E-state index in [0.29, 0.717) is 23.5 Å². The van der Waals surface area contributed by atoms with Gasteiger partial charge in [-0.3, -0.25) is 0 Å². The van der Waals surface area contributed by atoms with Gasteiger partial charge in [-0.1, -0.05) is 65.8 Å².